The highest BCUT2D eigenvalue weighted by atomic mass is 16.4. The molecule has 21 heavy (non-hydrogen) atoms. The van der Waals surface area contributed by atoms with E-state index in [0.29, 0.717) is 0 Å². The average Bonchev–Trinajstić information content (AvgIpc) is 2.44. The predicted molar refractivity (Wildman–Crippen MR) is 76.4 cm³/mol. The highest BCUT2D eigenvalue weighted by Gasteiger charge is 2.25. The number of carbonyl (C=O) groups excluding carboxylic acids is 2. The van der Waals surface area contributed by atoms with Crippen LogP contribution in [0.1, 0.15) is 12.0 Å². The summed E-state index contributed by atoms with van der Waals surface area (Å²) in [6.07, 6.45) is -0.0328. The molecule has 7 nitrogen and oxygen atoms in total. The van der Waals surface area contributed by atoms with Gasteiger partial charge in [-0.3, -0.25) is 9.59 Å². The van der Waals surface area contributed by atoms with Crippen molar-refractivity contribution in [2.75, 3.05) is 7.05 Å². The first kappa shape index (κ1) is 16.6. The number of primary amides is 1. The summed E-state index contributed by atoms with van der Waals surface area (Å²) in [5.41, 5.74) is 5.84. The van der Waals surface area contributed by atoms with Gasteiger partial charge in [-0.05, 0) is 12.6 Å². The standard InChI is InChI=1S/C14H19N3O4/c1-16-10(8-12(15)18)13(19)17-11(14(20)21)7-9-5-3-2-4-6-9/h2-6,10-11,16H,7-8H2,1H3,(H2,15,18)(H,17,19)(H,20,21). The van der Waals surface area contributed by atoms with E-state index in [4.69, 9.17) is 5.73 Å². The number of carbonyl (C=O) groups is 3. The lowest BCUT2D eigenvalue weighted by Gasteiger charge is -2.19. The number of benzene rings is 1. The van der Waals surface area contributed by atoms with Crippen molar-refractivity contribution in [3.8, 4) is 0 Å². The molecular weight excluding hydrogens is 274 g/mol. The number of carboxylic acids is 1. The fourth-order valence-electron chi connectivity index (χ4n) is 1.85. The van der Waals surface area contributed by atoms with Crippen LogP contribution in [-0.2, 0) is 20.8 Å². The molecule has 1 aromatic rings. The maximum Gasteiger partial charge on any atom is 0.326 e. The topological polar surface area (TPSA) is 122 Å². The second-order valence-electron chi connectivity index (χ2n) is 4.60. The molecule has 0 saturated heterocycles. The Kier molecular flexibility index (Phi) is 6.35. The highest BCUT2D eigenvalue weighted by Crippen LogP contribution is 2.04. The van der Waals surface area contributed by atoms with Crippen LogP contribution in [0.2, 0.25) is 0 Å². The third-order valence-corrected chi connectivity index (χ3v) is 2.97. The summed E-state index contributed by atoms with van der Waals surface area (Å²) in [4.78, 5) is 34.1. The number of likely N-dealkylation sites (N-methyl/N-ethyl adjacent to an activating group) is 1. The van der Waals surface area contributed by atoms with Crippen LogP contribution in [0.3, 0.4) is 0 Å². The Hall–Kier alpha value is -2.41. The minimum absolute atomic E-state index is 0.162. The van der Waals surface area contributed by atoms with Gasteiger partial charge in [0, 0.05) is 6.42 Å². The lowest BCUT2D eigenvalue weighted by Crippen LogP contribution is -2.51. The quantitative estimate of drug-likeness (QED) is 0.503. The van der Waals surface area contributed by atoms with Gasteiger partial charge in [-0.25, -0.2) is 4.79 Å². The van der Waals surface area contributed by atoms with Crippen molar-refractivity contribution in [2.45, 2.75) is 24.9 Å². The zero-order valence-corrected chi connectivity index (χ0v) is 11.7. The molecule has 0 saturated carbocycles. The molecule has 2 unspecified atom stereocenters. The van der Waals surface area contributed by atoms with E-state index in [0.717, 1.165) is 5.56 Å². The maximum atomic E-state index is 12.0. The van der Waals surface area contributed by atoms with Crippen LogP contribution in [0.5, 0.6) is 0 Å². The largest absolute Gasteiger partial charge is 0.480 e. The number of aliphatic carboxylic acids is 1. The normalized spacial score (nSPS) is 13.2. The van der Waals surface area contributed by atoms with Crippen molar-refractivity contribution in [1.82, 2.24) is 10.6 Å². The molecule has 0 heterocycles. The van der Waals surface area contributed by atoms with E-state index in [2.05, 4.69) is 10.6 Å². The number of hydrogen-bond acceptors (Lipinski definition) is 4. The fraction of sp³-hybridized carbons (Fsp3) is 0.357. The Morgan fingerprint density at radius 2 is 1.81 bits per heavy atom. The van der Waals surface area contributed by atoms with Gasteiger partial charge in [-0.1, -0.05) is 30.3 Å². The van der Waals surface area contributed by atoms with Crippen LogP contribution < -0.4 is 16.4 Å². The Bertz CT molecular complexity index is 504. The van der Waals surface area contributed by atoms with Gasteiger partial charge in [0.25, 0.3) is 0 Å². The van der Waals surface area contributed by atoms with Gasteiger partial charge in [0.1, 0.15) is 6.04 Å². The van der Waals surface area contributed by atoms with Gasteiger partial charge in [0.05, 0.1) is 12.5 Å². The number of nitrogens with two attached hydrogens (primary N) is 1. The maximum absolute atomic E-state index is 12.0. The number of nitrogens with one attached hydrogen (secondary N) is 2. The van der Waals surface area contributed by atoms with E-state index in [1.807, 2.05) is 6.07 Å². The Balaban J connectivity index is 2.71. The van der Waals surface area contributed by atoms with Gasteiger partial charge in [0.2, 0.25) is 11.8 Å². The van der Waals surface area contributed by atoms with Crippen LogP contribution in [0.25, 0.3) is 0 Å². The molecule has 0 aliphatic heterocycles. The number of carboxylic acid groups (broad SMARTS) is 1. The predicted octanol–water partition coefficient (Wildman–Crippen LogP) is -0.738. The zero-order chi connectivity index (χ0) is 15.8. The van der Waals surface area contributed by atoms with E-state index < -0.39 is 29.9 Å². The van der Waals surface area contributed by atoms with Crippen molar-refractivity contribution in [1.29, 1.82) is 0 Å². The summed E-state index contributed by atoms with van der Waals surface area (Å²) >= 11 is 0. The molecule has 5 N–H and O–H groups in total. The molecule has 0 spiro atoms. The summed E-state index contributed by atoms with van der Waals surface area (Å²) < 4.78 is 0. The minimum Gasteiger partial charge on any atom is -0.480 e. The van der Waals surface area contributed by atoms with Gasteiger partial charge >= 0.3 is 5.97 Å². The molecule has 0 fully saturated rings. The Morgan fingerprint density at radius 3 is 2.29 bits per heavy atom. The lowest BCUT2D eigenvalue weighted by molar-refractivity contribution is -0.142. The van der Waals surface area contributed by atoms with Crippen molar-refractivity contribution < 1.29 is 19.5 Å². The number of hydrogen-bond donors (Lipinski definition) is 4. The van der Waals surface area contributed by atoms with E-state index in [9.17, 15) is 19.5 Å². The van der Waals surface area contributed by atoms with Gasteiger partial charge in [0.15, 0.2) is 0 Å². The summed E-state index contributed by atoms with van der Waals surface area (Å²) in [6, 6.07) is 7.05. The first-order valence-corrected chi connectivity index (χ1v) is 6.46. The second kappa shape index (κ2) is 8.01. The number of rotatable bonds is 8. The molecule has 0 aliphatic carbocycles. The van der Waals surface area contributed by atoms with Crippen LogP contribution in [0, 0.1) is 0 Å². The van der Waals surface area contributed by atoms with Crippen molar-refractivity contribution in [3.05, 3.63) is 35.9 Å². The van der Waals surface area contributed by atoms with Gasteiger partial charge in [-0.2, -0.15) is 0 Å². The minimum atomic E-state index is -1.14. The van der Waals surface area contributed by atoms with E-state index in [1.165, 1.54) is 7.05 Å². The highest BCUT2D eigenvalue weighted by molar-refractivity contribution is 5.90. The summed E-state index contributed by atoms with van der Waals surface area (Å²) in [6.45, 7) is 0. The molecule has 0 radical (unpaired) electrons. The monoisotopic (exact) mass is 293 g/mol. The van der Waals surface area contributed by atoms with Crippen molar-refractivity contribution in [3.63, 3.8) is 0 Å². The molecular formula is C14H19N3O4. The Morgan fingerprint density at radius 1 is 1.19 bits per heavy atom. The van der Waals surface area contributed by atoms with Gasteiger partial charge in [-0.15, -0.1) is 0 Å². The third-order valence-electron chi connectivity index (χ3n) is 2.97. The molecule has 114 valence electrons. The second-order valence-corrected chi connectivity index (χ2v) is 4.60. The summed E-state index contributed by atoms with van der Waals surface area (Å²) in [5, 5.41) is 14.2. The summed E-state index contributed by atoms with van der Waals surface area (Å²) in [7, 11) is 1.50. The van der Waals surface area contributed by atoms with Crippen LogP contribution in [0.4, 0.5) is 0 Å². The van der Waals surface area contributed by atoms with Crippen LogP contribution >= 0.6 is 0 Å². The van der Waals surface area contributed by atoms with E-state index in [1.54, 1.807) is 24.3 Å². The van der Waals surface area contributed by atoms with Crippen molar-refractivity contribution in [2.24, 2.45) is 5.73 Å². The third kappa shape index (κ3) is 5.62. The SMILES string of the molecule is CNC(CC(N)=O)C(=O)NC(Cc1ccccc1)C(=O)O. The van der Waals surface area contributed by atoms with Crippen molar-refractivity contribution >= 4 is 17.8 Å². The molecule has 0 aliphatic rings. The van der Waals surface area contributed by atoms with Crippen LogP contribution in [-0.4, -0.2) is 42.0 Å². The van der Waals surface area contributed by atoms with Gasteiger partial charge < -0.3 is 21.5 Å². The smallest absolute Gasteiger partial charge is 0.326 e. The van der Waals surface area contributed by atoms with E-state index in [-0.39, 0.29) is 12.8 Å². The average molecular weight is 293 g/mol. The molecule has 1 rings (SSSR count). The molecule has 7 heteroatoms. The first-order chi connectivity index (χ1) is 9.93. The fourth-order valence-corrected chi connectivity index (χ4v) is 1.85. The Labute approximate surface area is 122 Å². The number of amides is 2. The van der Waals surface area contributed by atoms with Crippen LogP contribution in [0.15, 0.2) is 30.3 Å². The first-order valence-electron chi connectivity index (χ1n) is 6.46. The molecule has 2 atom stereocenters. The molecule has 2 amide bonds. The molecule has 0 bridgehead atoms. The summed E-state index contributed by atoms with van der Waals surface area (Å²) in [5.74, 6) is -2.35. The van der Waals surface area contributed by atoms with E-state index >= 15 is 0 Å². The molecule has 0 aromatic heterocycles. The molecule has 1 aromatic carbocycles. The zero-order valence-electron chi connectivity index (χ0n) is 11.7. The lowest BCUT2D eigenvalue weighted by atomic mass is 10.1.